The molecular formula is C91H82O8. The summed E-state index contributed by atoms with van der Waals surface area (Å²) in [6.45, 7) is 2.24. The van der Waals surface area contributed by atoms with E-state index in [1.54, 1.807) is 36.4 Å². The molecule has 19 rings (SSSR count). The Balaban J connectivity index is 0.000000137. The Morgan fingerprint density at radius 1 is 0.293 bits per heavy atom. The molecule has 4 N–H and O–H groups in total. The topological polar surface area (TPSA) is 149 Å². The van der Waals surface area contributed by atoms with Crippen LogP contribution in [-0.2, 0) is 32.5 Å². The summed E-state index contributed by atoms with van der Waals surface area (Å²) < 4.78 is 0. The van der Waals surface area contributed by atoms with E-state index < -0.39 is 11.9 Å². The van der Waals surface area contributed by atoms with Gasteiger partial charge in [0.1, 0.15) is 0 Å². The molecule has 0 aromatic heterocycles. The predicted molar refractivity (Wildman–Crippen MR) is 407 cm³/mol. The lowest BCUT2D eigenvalue weighted by Gasteiger charge is -2.04. The number of rotatable bonds is 4. The molecule has 0 bridgehead atoms. The van der Waals surface area contributed by atoms with Crippen molar-refractivity contribution in [3.63, 3.8) is 0 Å². The Morgan fingerprint density at radius 3 is 1.08 bits per heavy atom. The van der Waals surface area contributed by atoms with Gasteiger partial charge in [0.25, 0.3) is 0 Å². The predicted octanol–water partition coefficient (Wildman–Crippen LogP) is 21.9. The average Bonchev–Trinajstić information content (AvgIpc) is 1.38. The number of ketones is 2. The summed E-state index contributed by atoms with van der Waals surface area (Å²) in [5.41, 5.74) is 30.4. The molecular weight excluding hydrogens is 1220 g/mol. The fourth-order valence-electron chi connectivity index (χ4n) is 14.3. The van der Waals surface area contributed by atoms with Gasteiger partial charge in [0.05, 0.1) is 24.3 Å². The lowest BCUT2D eigenvalue weighted by Crippen LogP contribution is -2.06. The number of aliphatic hydroxyl groups is 2. The van der Waals surface area contributed by atoms with Crippen LogP contribution in [0.1, 0.15) is 140 Å². The quantitative estimate of drug-likeness (QED) is 0.136. The molecule has 0 fully saturated rings. The van der Waals surface area contributed by atoms with Gasteiger partial charge in [0.15, 0.2) is 11.6 Å². The molecule has 6 aliphatic carbocycles. The standard InChI is InChI=1S/C16H10.C14H8O3.2C14H10O2.C14H12O.C14H12.5CH4/c1-2-8-13-12(7-1)14-9-3-5-11-6-4-10-15(13)16(11)14;15-13-10-5-2-1-4-8(10)9-6-3-7-11(12(9)13)14(16)17;15-8-9-4-3-7-11-10-5-1-2-6-12(10)14(16)13(9)11;15-14(16)12-7-3-6-11-10-5-2-1-4-9(10)8-13(11)12;15-9-11-5-3-7-13-12-6-2-1-4-10(12)8-14(11)13;1-10-5-4-8-13-12-7-3-2-6-11(12)9-14(10)13;;;;;/h1-10H;1-7H,(H,16,17);1-7,15H,8H2;1-7H,8H2,(H,15,16);1-7,15H,8-9H2;2-8H,9H2,1H3;5*1H4. The van der Waals surface area contributed by atoms with Crippen molar-refractivity contribution in [2.45, 2.75) is 76.5 Å². The molecule has 13 aromatic carbocycles. The number of aliphatic hydroxyl groups excluding tert-OH is 2. The van der Waals surface area contributed by atoms with E-state index in [4.69, 9.17) is 10.2 Å². The van der Waals surface area contributed by atoms with Crippen molar-refractivity contribution in [3.8, 4) is 77.9 Å². The molecule has 494 valence electrons. The van der Waals surface area contributed by atoms with Crippen LogP contribution in [0.15, 0.2) is 273 Å². The van der Waals surface area contributed by atoms with Gasteiger partial charge in [-0.25, -0.2) is 9.59 Å². The number of hydrogen-bond acceptors (Lipinski definition) is 6. The minimum atomic E-state index is -1.07. The average molecular weight is 1300 g/mol. The lowest BCUT2D eigenvalue weighted by molar-refractivity contribution is 0.0684. The summed E-state index contributed by atoms with van der Waals surface area (Å²) in [4.78, 5) is 46.5. The number of fused-ring (bicyclic) bond motifs is 18. The van der Waals surface area contributed by atoms with E-state index in [0.717, 1.165) is 58.2 Å². The Kier molecular flexibility index (Phi) is 22.1. The van der Waals surface area contributed by atoms with E-state index in [1.165, 1.54) is 100 Å². The van der Waals surface area contributed by atoms with Crippen LogP contribution in [0.3, 0.4) is 0 Å². The summed E-state index contributed by atoms with van der Waals surface area (Å²) in [6.07, 6.45) is 2.80. The van der Waals surface area contributed by atoms with Crippen LogP contribution >= 0.6 is 0 Å². The van der Waals surface area contributed by atoms with Crippen molar-refractivity contribution >= 4 is 34.3 Å². The number of carbonyl (C=O) groups is 4. The molecule has 0 unspecified atom stereocenters. The molecule has 0 saturated carbocycles. The number of carbonyl (C=O) groups excluding carboxylic acids is 2. The Morgan fingerprint density at radius 2 is 0.606 bits per heavy atom. The van der Waals surface area contributed by atoms with Crippen LogP contribution < -0.4 is 0 Å². The molecule has 0 radical (unpaired) electrons. The fraction of sp³-hybridized carbons (Fsp3) is 0.121. The highest BCUT2D eigenvalue weighted by Gasteiger charge is 2.32. The highest BCUT2D eigenvalue weighted by Crippen LogP contribution is 2.47. The zero-order valence-electron chi connectivity index (χ0n) is 51.4. The third kappa shape index (κ3) is 13.1. The van der Waals surface area contributed by atoms with Crippen LogP contribution in [0.5, 0.6) is 0 Å². The Labute approximate surface area is 581 Å². The first-order valence-electron chi connectivity index (χ1n) is 31.4. The third-order valence-corrected chi connectivity index (χ3v) is 18.7. The van der Waals surface area contributed by atoms with Gasteiger partial charge in [-0.15, -0.1) is 0 Å². The number of aromatic carboxylic acids is 2. The monoisotopic (exact) mass is 1300 g/mol. The third-order valence-electron chi connectivity index (χ3n) is 18.7. The van der Waals surface area contributed by atoms with Gasteiger partial charge >= 0.3 is 11.9 Å². The van der Waals surface area contributed by atoms with Crippen molar-refractivity contribution in [2.24, 2.45) is 0 Å². The zero-order chi connectivity index (χ0) is 64.6. The molecule has 0 heterocycles. The van der Waals surface area contributed by atoms with Gasteiger partial charge < -0.3 is 20.4 Å². The fourth-order valence-corrected chi connectivity index (χ4v) is 14.3. The van der Waals surface area contributed by atoms with E-state index in [-0.39, 0.29) is 67.5 Å². The van der Waals surface area contributed by atoms with Gasteiger partial charge in [-0.1, -0.05) is 298 Å². The second-order valence-electron chi connectivity index (χ2n) is 23.9. The highest BCUT2D eigenvalue weighted by atomic mass is 16.4. The van der Waals surface area contributed by atoms with Crippen LogP contribution in [0.4, 0.5) is 0 Å². The van der Waals surface area contributed by atoms with Crippen molar-refractivity contribution in [2.75, 3.05) is 0 Å². The van der Waals surface area contributed by atoms with Crippen molar-refractivity contribution in [1.29, 1.82) is 0 Å². The molecule has 0 aliphatic heterocycles. The molecule has 6 aliphatic rings. The van der Waals surface area contributed by atoms with Crippen molar-refractivity contribution in [3.05, 3.63) is 356 Å². The zero-order valence-corrected chi connectivity index (χ0v) is 51.4. The Bertz CT molecular complexity index is 5170. The number of carboxylic acids is 2. The van der Waals surface area contributed by atoms with Crippen LogP contribution in [0.2, 0.25) is 0 Å². The maximum Gasteiger partial charge on any atom is 0.336 e. The Hall–Kier alpha value is -11.7. The number of aryl methyl sites for hydroxylation is 1. The minimum absolute atomic E-state index is 0. The molecule has 0 amide bonds. The number of carboxylic acid groups (broad SMARTS) is 2. The van der Waals surface area contributed by atoms with Gasteiger partial charge in [0, 0.05) is 22.3 Å². The van der Waals surface area contributed by atoms with E-state index in [1.807, 2.05) is 91.0 Å². The van der Waals surface area contributed by atoms with E-state index in [2.05, 4.69) is 146 Å². The maximum atomic E-state index is 12.2. The number of hydrogen-bond donors (Lipinski definition) is 4. The molecule has 0 atom stereocenters. The summed E-state index contributed by atoms with van der Waals surface area (Å²) in [7, 11) is 0. The SMILES string of the molecule is C.C.C.C.C.Cc1cccc2c1Cc1ccccc1-2.O=C(O)c1cccc2c1C(=O)c1ccccc1-2.O=C(O)c1cccc2c1Cc1ccccc1-2.O=C1c2ccccc2-c2cccc(CO)c21.OCc1cccc2c1Cc1ccccc1-2.c1ccc2c(c1)-c1cccc3cccc-2c13. The van der Waals surface area contributed by atoms with Crippen molar-refractivity contribution < 1.29 is 39.6 Å². The first kappa shape index (κ1) is 71.6. The van der Waals surface area contributed by atoms with Gasteiger partial charge in [-0.05, 0) is 177 Å². The first-order chi connectivity index (χ1) is 46.0. The maximum absolute atomic E-state index is 12.2. The van der Waals surface area contributed by atoms with E-state index in [9.17, 15) is 29.4 Å². The molecule has 99 heavy (non-hydrogen) atoms. The highest BCUT2D eigenvalue weighted by molar-refractivity contribution is 6.25. The second-order valence-corrected chi connectivity index (χ2v) is 23.9. The molecule has 0 saturated heterocycles. The van der Waals surface area contributed by atoms with E-state index in [0.29, 0.717) is 33.4 Å². The molecule has 8 nitrogen and oxygen atoms in total. The van der Waals surface area contributed by atoms with E-state index >= 15 is 0 Å². The largest absolute Gasteiger partial charge is 0.478 e. The summed E-state index contributed by atoms with van der Waals surface area (Å²) >= 11 is 0. The van der Waals surface area contributed by atoms with Gasteiger partial charge in [-0.3, -0.25) is 9.59 Å². The summed E-state index contributed by atoms with van der Waals surface area (Å²) in [6, 6.07) is 90.5. The lowest BCUT2D eigenvalue weighted by atomic mass is 10.0. The smallest absolute Gasteiger partial charge is 0.336 e. The normalized spacial score (nSPS) is 11.5. The second kappa shape index (κ2) is 30.6. The van der Waals surface area contributed by atoms with Gasteiger partial charge in [0.2, 0.25) is 0 Å². The molecule has 0 spiro atoms. The van der Waals surface area contributed by atoms with Crippen LogP contribution in [-0.4, -0.2) is 43.9 Å². The minimum Gasteiger partial charge on any atom is -0.478 e. The van der Waals surface area contributed by atoms with Crippen LogP contribution in [0, 0.1) is 6.92 Å². The number of benzene rings is 13. The first-order valence-corrected chi connectivity index (χ1v) is 31.4. The molecule has 13 aromatic rings. The summed E-state index contributed by atoms with van der Waals surface area (Å²) in [5.74, 6) is -2.09. The van der Waals surface area contributed by atoms with Gasteiger partial charge in [-0.2, -0.15) is 0 Å². The molecule has 8 heteroatoms. The summed E-state index contributed by atoms with van der Waals surface area (Å²) in [5, 5.41) is 39.5. The van der Waals surface area contributed by atoms with Crippen molar-refractivity contribution in [1.82, 2.24) is 0 Å². The van der Waals surface area contributed by atoms with Crippen LogP contribution in [0.25, 0.3) is 88.7 Å².